The lowest BCUT2D eigenvalue weighted by molar-refractivity contribution is -0.289. The van der Waals surface area contributed by atoms with Crippen molar-refractivity contribution in [3.63, 3.8) is 0 Å². The molecule has 6 heteroatoms. The van der Waals surface area contributed by atoms with Gasteiger partial charge in [-0.1, -0.05) is 29.8 Å². The summed E-state index contributed by atoms with van der Waals surface area (Å²) in [5.74, 6) is -4.91. The molecular weight excluding hydrogens is 311 g/mol. The predicted octanol–water partition coefficient (Wildman–Crippen LogP) is 5.77. The summed E-state index contributed by atoms with van der Waals surface area (Å²) in [6, 6.07) is 9.96. The van der Waals surface area contributed by atoms with Crippen molar-refractivity contribution < 1.29 is 22.0 Å². The number of alkyl halides is 5. The molecule has 0 bridgehead atoms. The molecule has 2 aromatic rings. The highest BCUT2D eigenvalue weighted by Crippen LogP contribution is 2.44. The van der Waals surface area contributed by atoms with Gasteiger partial charge in [-0.2, -0.15) is 22.0 Å². The van der Waals surface area contributed by atoms with Gasteiger partial charge in [-0.3, -0.25) is 0 Å². The standard InChI is InChI=1S/C15H9ClF5/c1-9-5-6-13(16)12(7-9)10-3-2-4-11(8-10)14(17,18)15(19,20)21/h2-4,6-8H,1H3. The summed E-state index contributed by atoms with van der Waals surface area (Å²) in [6.45, 7) is 1.72. The minimum absolute atomic E-state index is 0.193. The largest absolute Gasteiger partial charge is 0.458 e. The second-order valence-electron chi connectivity index (χ2n) is 4.53. The van der Waals surface area contributed by atoms with Crippen LogP contribution in [-0.4, -0.2) is 6.18 Å². The number of hydrogen-bond donors (Lipinski definition) is 0. The smallest absolute Gasteiger partial charge is 0.191 e. The van der Waals surface area contributed by atoms with Gasteiger partial charge in [0, 0.05) is 16.1 Å². The molecule has 111 valence electrons. The maximum Gasteiger partial charge on any atom is 0.458 e. The van der Waals surface area contributed by atoms with E-state index in [2.05, 4.69) is 6.07 Å². The fourth-order valence-corrected chi connectivity index (χ4v) is 2.07. The summed E-state index contributed by atoms with van der Waals surface area (Å²) in [5.41, 5.74) is 0.155. The molecule has 0 N–H and O–H groups in total. The van der Waals surface area contributed by atoms with E-state index in [4.69, 9.17) is 11.6 Å². The lowest BCUT2D eigenvalue weighted by Crippen LogP contribution is -2.33. The number of benzene rings is 2. The molecule has 2 aromatic carbocycles. The van der Waals surface area contributed by atoms with Crippen LogP contribution in [0, 0.1) is 13.0 Å². The molecule has 0 aliphatic rings. The number of halogens is 6. The van der Waals surface area contributed by atoms with Crippen LogP contribution in [0.25, 0.3) is 11.1 Å². The first-order valence-corrected chi connectivity index (χ1v) is 6.24. The third-order valence-corrected chi connectivity index (χ3v) is 3.25. The van der Waals surface area contributed by atoms with Gasteiger partial charge in [0.2, 0.25) is 0 Å². The molecule has 21 heavy (non-hydrogen) atoms. The second kappa shape index (κ2) is 5.30. The van der Waals surface area contributed by atoms with Crippen molar-refractivity contribution in [3.05, 3.63) is 58.6 Å². The van der Waals surface area contributed by atoms with Gasteiger partial charge in [0.15, 0.2) is 0 Å². The topological polar surface area (TPSA) is 0 Å². The van der Waals surface area contributed by atoms with Crippen LogP contribution in [0.5, 0.6) is 0 Å². The van der Waals surface area contributed by atoms with Crippen LogP contribution in [0.4, 0.5) is 22.0 Å². The molecule has 0 fully saturated rings. The van der Waals surface area contributed by atoms with Crippen molar-refractivity contribution in [1.29, 1.82) is 0 Å². The quantitative estimate of drug-likeness (QED) is 0.616. The van der Waals surface area contributed by atoms with Gasteiger partial charge < -0.3 is 0 Å². The normalized spacial score (nSPS) is 12.5. The highest BCUT2D eigenvalue weighted by Gasteiger charge is 2.58. The highest BCUT2D eigenvalue weighted by molar-refractivity contribution is 6.33. The maximum absolute atomic E-state index is 13.4. The Labute approximate surface area is 123 Å². The van der Waals surface area contributed by atoms with Gasteiger partial charge in [0.25, 0.3) is 0 Å². The van der Waals surface area contributed by atoms with Gasteiger partial charge in [0.1, 0.15) is 0 Å². The SMILES string of the molecule is Cc1[c]cc(Cl)c(-c2cccc(C(F)(F)C(F)(F)F)c2)c1. The Morgan fingerprint density at radius 1 is 1.05 bits per heavy atom. The van der Waals surface area contributed by atoms with E-state index in [0.717, 1.165) is 18.2 Å². The van der Waals surface area contributed by atoms with E-state index in [1.54, 1.807) is 13.0 Å². The van der Waals surface area contributed by atoms with Crippen LogP contribution in [0.1, 0.15) is 11.1 Å². The molecule has 0 amide bonds. The van der Waals surface area contributed by atoms with E-state index in [0.29, 0.717) is 11.1 Å². The molecule has 0 saturated carbocycles. The first-order valence-electron chi connectivity index (χ1n) is 5.86. The van der Waals surface area contributed by atoms with Crippen molar-refractivity contribution in [2.45, 2.75) is 19.0 Å². The molecule has 0 spiro atoms. The number of hydrogen-bond acceptors (Lipinski definition) is 0. The van der Waals surface area contributed by atoms with Crippen LogP contribution in [0.3, 0.4) is 0 Å². The minimum Gasteiger partial charge on any atom is -0.191 e. The lowest BCUT2D eigenvalue weighted by Gasteiger charge is -2.20. The molecule has 0 nitrogen and oxygen atoms in total. The Hall–Kier alpha value is -1.62. The Bertz CT molecular complexity index is 661. The van der Waals surface area contributed by atoms with Crippen molar-refractivity contribution in [3.8, 4) is 11.1 Å². The van der Waals surface area contributed by atoms with Crippen LogP contribution in [0.15, 0.2) is 36.4 Å². The zero-order valence-electron chi connectivity index (χ0n) is 10.7. The van der Waals surface area contributed by atoms with Gasteiger partial charge in [0.05, 0.1) is 0 Å². The summed E-state index contributed by atoms with van der Waals surface area (Å²) >= 11 is 5.95. The summed E-state index contributed by atoms with van der Waals surface area (Å²) in [5, 5.41) is 0.230. The monoisotopic (exact) mass is 319 g/mol. The number of rotatable bonds is 2. The first-order chi connectivity index (χ1) is 9.63. The molecule has 0 unspecified atom stereocenters. The zero-order valence-corrected chi connectivity index (χ0v) is 11.5. The fraction of sp³-hybridized carbons (Fsp3) is 0.200. The molecule has 0 atom stereocenters. The maximum atomic E-state index is 13.4. The second-order valence-corrected chi connectivity index (χ2v) is 4.94. The van der Waals surface area contributed by atoms with E-state index in [9.17, 15) is 22.0 Å². The molecule has 0 saturated heterocycles. The van der Waals surface area contributed by atoms with Gasteiger partial charge in [-0.15, -0.1) is 0 Å². The third kappa shape index (κ3) is 3.02. The van der Waals surface area contributed by atoms with E-state index >= 15 is 0 Å². The molecule has 1 radical (unpaired) electrons. The molecule has 2 rings (SSSR count). The van der Waals surface area contributed by atoms with E-state index < -0.39 is 17.7 Å². The highest BCUT2D eigenvalue weighted by atomic mass is 35.5. The molecular formula is C15H9ClF5. The van der Waals surface area contributed by atoms with Crippen molar-refractivity contribution in [2.24, 2.45) is 0 Å². The van der Waals surface area contributed by atoms with E-state index in [1.807, 2.05) is 0 Å². The van der Waals surface area contributed by atoms with Crippen LogP contribution >= 0.6 is 11.6 Å². The minimum atomic E-state index is -5.64. The van der Waals surface area contributed by atoms with Crippen LogP contribution < -0.4 is 0 Å². The summed E-state index contributed by atoms with van der Waals surface area (Å²) in [6.07, 6.45) is -5.64. The van der Waals surface area contributed by atoms with Crippen molar-refractivity contribution in [1.82, 2.24) is 0 Å². The predicted molar refractivity (Wildman–Crippen MR) is 70.4 cm³/mol. The molecule has 0 aliphatic heterocycles. The van der Waals surface area contributed by atoms with Crippen molar-refractivity contribution >= 4 is 11.6 Å². The average molecular weight is 320 g/mol. The van der Waals surface area contributed by atoms with Crippen molar-refractivity contribution in [2.75, 3.05) is 0 Å². The molecule has 0 aliphatic carbocycles. The third-order valence-electron chi connectivity index (χ3n) is 2.94. The van der Waals surface area contributed by atoms with E-state index in [1.165, 1.54) is 12.1 Å². The summed E-state index contributed by atoms with van der Waals surface area (Å²) in [4.78, 5) is 0. The molecule has 0 aromatic heterocycles. The Kier molecular flexibility index (Phi) is 3.97. The Balaban J connectivity index is 2.55. The summed E-state index contributed by atoms with van der Waals surface area (Å²) < 4.78 is 64.0. The van der Waals surface area contributed by atoms with Crippen LogP contribution in [0.2, 0.25) is 5.02 Å². The zero-order chi connectivity index (χ0) is 15.8. The van der Waals surface area contributed by atoms with E-state index in [-0.39, 0.29) is 10.6 Å². The van der Waals surface area contributed by atoms with Crippen LogP contribution in [-0.2, 0) is 5.92 Å². The summed E-state index contributed by atoms with van der Waals surface area (Å²) in [7, 11) is 0. The van der Waals surface area contributed by atoms with Gasteiger partial charge in [-0.05, 0) is 42.3 Å². The van der Waals surface area contributed by atoms with Gasteiger partial charge >= 0.3 is 12.1 Å². The number of aryl methyl sites for hydroxylation is 1. The lowest BCUT2D eigenvalue weighted by atomic mass is 9.99. The first kappa shape index (κ1) is 15.8. The average Bonchev–Trinajstić information content (AvgIpc) is 2.40. The molecule has 0 heterocycles. The van der Waals surface area contributed by atoms with Gasteiger partial charge in [-0.25, -0.2) is 0 Å². The fourth-order valence-electron chi connectivity index (χ4n) is 1.85. The Morgan fingerprint density at radius 2 is 1.71 bits per heavy atom. The Morgan fingerprint density at radius 3 is 2.33 bits per heavy atom.